The van der Waals surface area contributed by atoms with Crippen molar-refractivity contribution in [3.05, 3.63) is 61.2 Å². The molecular formula is C17H17BrN6O3. The van der Waals surface area contributed by atoms with Crippen LogP contribution < -0.4 is 16.7 Å². The number of hydrazone groups is 1. The minimum absolute atomic E-state index is 0.0676. The molecule has 27 heavy (non-hydrogen) atoms. The molecular weight excluding hydrogens is 416 g/mol. The van der Waals surface area contributed by atoms with E-state index in [0.717, 1.165) is 10.0 Å². The number of nitrogens with one attached hydrogen (secondary N) is 2. The molecule has 0 aliphatic heterocycles. The highest BCUT2D eigenvalue weighted by Gasteiger charge is 2.17. The van der Waals surface area contributed by atoms with E-state index < -0.39 is 11.2 Å². The summed E-state index contributed by atoms with van der Waals surface area (Å²) in [7, 11) is 1.52. The van der Waals surface area contributed by atoms with E-state index in [2.05, 4.69) is 43.0 Å². The summed E-state index contributed by atoms with van der Waals surface area (Å²) in [6, 6.07) is 4.95. The monoisotopic (exact) mass is 432 g/mol. The van der Waals surface area contributed by atoms with Gasteiger partial charge in [-0.1, -0.05) is 28.1 Å². The first-order valence-electron chi connectivity index (χ1n) is 7.89. The van der Waals surface area contributed by atoms with Crippen LogP contribution >= 0.6 is 15.9 Å². The zero-order valence-corrected chi connectivity index (χ0v) is 16.2. The van der Waals surface area contributed by atoms with Gasteiger partial charge in [0.15, 0.2) is 11.2 Å². The van der Waals surface area contributed by atoms with Crippen molar-refractivity contribution >= 4 is 39.3 Å². The molecule has 0 amide bonds. The molecule has 3 N–H and O–H groups in total. The van der Waals surface area contributed by atoms with Crippen molar-refractivity contribution in [2.75, 3.05) is 5.43 Å². The van der Waals surface area contributed by atoms with E-state index in [1.807, 2.05) is 6.92 Å². The molecule has 0 saturated heterocycles. The molecule has 2 aromatic heterocycles. The summed E-state index contributed by atoms with van der Waals surface area (Å²) < 4.78 is 3.63. The van der Waals surface area contributed by atoms with Gasteiger partial charge in [-0.2, -0.15) is 10.1 Å². The molecule has 0 radical (unpaired) electrons. The van der Waals surface area contributed by atoms with Crippen LogP contribution in [-0.2, 0) is 13.6 Å². The summed E-state index contributed by atoms with van der Waals surface area (Å²) in [4.78, 5) is 30.7. The quantitative estimate of drug-likeness (QED) is 0.323. The van der Waals surface area contributed by atoms with Crippen LogP contribution in [0.15, 0.2) is 49.5 Å². The Hall–Kier alpha value is -3.14. The minimum atomic E-state index is -0.554. The van der Waals surface area contributed by atoms with Crippen molar-refractivity contribution in [2.45, 2.75) is 13.5 Å². The molecule has 0 aliphatic rings. The Balaban J connectivity index is 2.06. The van der Waals surface area contributed by atoms with Crippen LogP contribution in [0.4, 0.5) is 5.95 Å². The number of phenols is 1. The van der Waals surface area contributed by atoms with E-state index in [9.17, 15) is 14.7 Å². The summed E-state index contributed by atoms with van der Waals surface area (Å²) in [5.41, 5.74) is 3.42. The maximum atomic E-state index is 12.3. The Labute approximate surface area is 161 Å². The van der Waals surface area contributed by atoms with E-state index in [1.165, 1.54) is 23.9 Å². The molecule has 1 aromatic carbocycles. The summed E-state index contributed by atoms with van der Waals surface area (Å²) in [5.74, 6) is 0.337. The number of fused-ring (bicyclic) bond motifs is 1. The number of anilines is 1. The summed E-state index contributed by atoms with van der Waals surface area (Å²) >= 11 is 3.33. The number of H-pyrrole nitrogens is 1. The Morgan fingerprint density at radius 3 is 2.93 bits per heavy atom. The number of benzene rings is 1. The standard InChI is InChI=1S/C17H17BrN6O3/c1-9(2)8-24-13-14(23(3)17(27)21-15(13)26)20-16(24)22-19-7-10-6-11(18)4-5-12(10)25/h4-7,25H,1,8H2,2-3H3,(H,20,22)(H,21,26,27). The van der Waals surface area contributed by atoms with Gasteiger partial charge in [-0.3, -0.25) is 18.9 Å². The number of hydrogen-bond acceptors (Lipinski definition) is 6. The van der Waals surface area contributed by atoms with Gasteiger partial charge in [0, 0.05) is 23.6 Å². The second kappa shape index (κ2) is 7.23. The van der Waals surface area contributed by atoms with Crippen molar-refractivity contribution in [3.8, 4) is 5.75 Å². The first-order valence-corrected chi connectivity index (χ1v) is 8.68. The van der Waals surface area contributed by atoms with Gasteiger partial charge in [-0.05, 0) is 25.1 Å². The predicted molar refractivity (Wildman–Crippen MR) is 107 cm³/mol. The van der Waals surface area contributed by atoms with Gasteiger partial charge in [-0.15, -0.1) is 0 Å². The van der Waals surface area contributed by atoms with Crippen molar-refractivity contribution < 1.29 is 5.11 Å². The molecule has 0 aliphatic carbocycles. The number of hydrogen-bond donors (Lipinski definition) is 3. The molecule has 0 saturated carbocycles. The van der Waals surface area contributed by atoms with E-state index in [-0.39, 0.29) is 22.9 Å². The van der Waals surface area contributed by atoms with Crippen LogP contribution in [-0.4, -0.2) is 30.4 Å². The fourth-order valence-corrected chi connectivity index (χ4v) is 2.91. The van der Waals surface area contributed by atoms with Gasteiger partial charge < -0.3 is 5.11 Å². The highest BCUT2D eigenvalue weighted by molar-refractivity contribution is 9.10. The molecule has 2 heterocycles. The van der Waals surface area contributed by atoms with E-state index in [0.29, 0.717) is 12.1 Å². The normalized spacial score (nSPS) is 11.4. The van der Waals surface area contributed by atoms with E-state index in [4.69, 9.17) is 0 Å². The molecule has 0 spiro atoms. The summed E-state index contributed by atoms with van der Waals surface area (Å²) in [5, 5.41) is 14.0. The number of nitrogens with zero attached hydrogens (tertiary/aromatic N) is 4. The SMILES string of the molecule is C=C(C)Cn1c(NN=Cc2cc(Br)ccc2O)nc2c1c(=O)[nH]c(=O)n2C. The second-order valence-corrected chi connectivity index (χ2v) is 6.96. The highest BCUT2D eigenvalue weighted by Crippen LogP contribution is 2.21. The predicted octanol–water partition coefficient (Wildman–Crippen LogP) is 1.91. The molecule has 0 unspecified atom stereocenters. The van der Waals surface area contributed by atoms with Gasteiger partial charge in [0.25, 0.3) is 5.56 Å². The third kappa shape index (κ3) is 3.70. The molecule has 3 aromatic rings. The molecule has 140 valence electrons. The van der Waals surface area contributed by atoms with Crippen LogP contribution in [0.3, 0.4) is 0 Å². The average molecular weight is 433 g/mol. The Kier molecular flexibility index (Phi) is 5.00. The molecule has 9 nitrogen and oxygen atoms in total. The van der Waals surface area contributed by atoms with Gasteiger partial charge in [0.2, 0.25) is 5.95 Å². The Morgan fingerprint density at radius 1 is 1.48 bits per heavy atom. The number of rotatable bonds is 5. The van der Waals surface area contributed by atoms with E-state index in [1.54, 1.807) is 16.7 Å². The lowest BCUT2D eigenvalue weighted by Gasteiger charge is -2.07. The lowest BCUT2D eigenvalue weighted by molar-refractivity contribution is 0.474. The first-order chi connectivity index (χ1) is 12.8. The Morgan fingerprint density at radius 2 is 2.22 bits per heavy atom. The second-order valence-electron chi connectivity index (χ2n) is 6.04. The number of phenolic OH excluding ortho intramolecular Hbond substituents is 1. The van der Waals surface area contributed by atoms with Crippen molar-refractivity contribution in [2.24, 2.45) is 12.1 Å². The maximum Gasteiger partial charge on any atom is 0.329 e. The number of allylic oxidation sites excluding steroid dienone is 1. The van der Waals surface area contributed by atoms with Crippen molar-refractivity contribution in [1.29, 1.82) is 0 Å². The number of aromatic amines is 1. The number of aromatic nitrogens is 4. The van der Waals surface area contributed by atoms with Crippen LogP contribution in [0.2, 0.25) is 0 Å². The van der Waals surface area contributed by atoms with Gasteiger partial charge >= 0.3 is 5.69 Å². The minimum Gasteiger partial charge on any atom is -0.507 e. The lowest BCUT2D eigenvalue weighted by Crippen LogP contribution is -2.29. The van der Waals surface area contributed by atoms with Crippen LogP contribution in [0, 0.1) is 0 Å². The highest BCUT2D eigenvalue weighted by atomic mass is 79.9. The van der Waals surface area contributed by atoms with Gasteiger partial charge in [0.1, 0.15) is 5.75 Å². The summed E-state index contributed by atoms with van der Waals surface area (Å²) in [6.07, 6.45) is 1.42. The third-order valence-electron chi connectivity index (χ3n) is 3.79. The largest absolute Gasteiger partial charge is 0.507 e. The van der Waals surface area contributed by atoms with Gasteiger partial charge in [-0.25, -0.2) is 10.2 Å². The van der Waals surface area contributed by atoms with Crippen molar-refractivity contribution in [3.63, 3.8) is 0 Å². The zero-order valence-electron chi connectivity index (χ0n) is 14.7. The fourth-order valence-electron chi connectivity index (χ4n) is 2.53. The zero-order chi connectivity index (χ0) is 19.7. The fraction of sp³-hybridized carbons (Fsp3) is 0.176. The van der Waals surface area contributed by atoms with Crippen LogP contribution in [0.1, 0.15) is 12.5 Å². The Bertz CT molecular complexity index is 1190. The molecule has 0 atom stereocenters. The van der Waals surface area contributed by atoms with E-state index >= 15 is 0 Å². The van der Waals surface area contributed by atoms with Gasteiger partial charge in [0.05, 0.1) is 6.21 Å². The topological polar surface area (TPSA) is 117 Å². The lowest BCUT2D eigenvalue weighted by atomic mass is 10.2. The van der Waals surface area contributed by atoms with Crippen LogP contribution in [0.25, 0.3) is 11.2 Å². The number of aryl methyl sites for hydroxylation is 1. The molecule has 0 fully saturated rings. The maximum absolute atomic E-state index is 12.3. The molecule has 3 rings (SSSR count). The summed E-state index contributed by atoms with van der Waals surface area (Å²) in [6.45, 7) is 5.99. The van der Waals surface area contributed by atoms with Crippen LogP contribution in [0.5, 0.6) is 5.75 Å². The number of aromatic hydroxyl groups is 1. The molecule has 0 bridgehead atoms. The third-order valence-corrected chi connectivity index (χ3v) is 4.29. The average Bonchev–Trinajstić information content (AvgIpc) is 2.94. The number of imidazole rings is 1. The first kappa shape index (κ1) is 18.6. The van der Waals surface area contributed by atoms with Crippen molar-refractivity contribution in [1.82, 2.24) is 19.1 Å². The molecule has 10 heteroatoms. The number of halogens is 1. The smallest absolute Gasteiger partial charge is 0.329 e.